The molecular formula is C52H99NO10. The zero-order valence-corrected chi connectivity index (χ0v) is 40.3. The maximum absolute atomic E-state index is 13.1. The van der Waals surface area contributed by atoms with Crippen molar-refractivity contribution in [3.8, 4) is 0 Å². The third-order valence-electron chi connectivity index (χ3n) is 12.7. The lowest BCUT2D eigenvalue weighted by Crippen LogP contribution is -2.60. The number of carbonyl (C=O) groups is 1. The first-order chi connectivity index (χ1) is 30.7. The number of carbonyl (C=O) groups excluding carboxylic acids is 1. The first-order valence-electron chi connectivity index (χ1n) is 26.2. The van der Waals surface area contributed by atoms with Gasteiger partial charge in [-0.25, -0.2) is 0 Å². The maximum Gasteiger partial charge on any atom is 0.249 e. The molecule has 0 saturated carbocycles. The van der Waals surface area contributed by atoms with Crippen LogP contribution in [0.2, 0.25) is 0 Å². The van der Waals surface area contributed by atoms with E-state index in [2.05, 4.69) is 43.5 Å². The first kappa shape index (κ1) is 59.6. The molecular weight excluding hydrogens is 799 g/mol. The average molecular weight is 898 g/mol. The molecule has 0 aromatic carbocycles. The highest BCUT2D eigenvalue weighted by molar-refractivity contribution is 5.80. The van der Waals surface area contributed by atoms with Crippen LogP contribution in [0.5, 0.6) is 0 Å². The number of nitrogens with one attached hydrogen (secondary N) is 1. The third-order valence-corrected chi connectivity index (χ3v) is 12.7. The molecule has 1 aliphatic heterocycles. The highest BCUT2D eigenvalue weighted by Gasteiger charge is 2.44. The van der Waals surface area contributed by atoms with Crippen LogP contribution in [0.25, 0.3) is 0 Å². The molecule has 9 atom stereocenters. The van der Waals surface area contributed by atoms with Gasteiger partial charge in [0.25, 0.3) is 0 Å². The van der Waals surface area contributed by atoms with Gasteiger partial charge in [0.15, 0.2) is 6.29 Å². The highest BCUT2D eigenvalue weighted by Crippen LogP contribution is 2.23. The minimum atomic E-state index is -1.67. The maximum atomic E-state index is 13.1. The summed E-state index contributed by atoms with van der Waals surface area (Å²) in [6.45, 7) is 3.44. The van der Waals surface area contributed by atoms with Gasteiger partial charge in [-0.3, -0.25) is 4.79 Å². The second-order valence-electron chi connectivity index (χ2n) is 18.6. The fourth-order valence-electron chi connectivity index (χ4n) is 8.38. The van der Waals surface area contributed by atoms with Crippen LogP contribution in [0.1, 0.15) is 232 Å². The summed E-state index contributed by atoms with van der Waals surface area (Å²) < 4.78 is 11.1. The molecule has 1 amide bonds. The SMILES string of the molecule is CCCCCCCCCCCC/C=C/CCCC(O)C(O)C(COC1OC(CO)C(O)C(O)C1O)NC(=O)C(O)CCCCCCCC/C=C\CCCCCCCCCCCCC. The van der Waals surface area contributed by atoms with Crippen LogP contribution in [-0.4, -0.2) is 110 Å². The van der Waals surface area contributed by atoms with Gasteiger partial charge in [0.1, 0.15) is 36.6 Å². The Balaban J connectivity index is 2.39. The van der Waals surface area contributed by atoms with Gasteiger partial charge in [-0.15, -0.1) is 0 Å². The Kier molecular flexibility index (Phi) is 39.7. The molecule has 11 heteroatoms. The summed E-state index contributed by atoms with van der Waals surface area (Å²) in [5.41, 5.74) is 0. The average Bonchev–Trinajstić information content (AvgIpc) is 3.28. The van der Waals surface area contributed by atoms with E-state index < -0.39 is 74.2 Å². The van der Waals surface area contributed by atoms with Crippen LogP contribution in [0.3, 0.4) is 0 Å². The van der Waals surface area contributed by atoms with Crippen molar-refractivity contribution in [2.24, 2.45) is 0 Å². The van der Waals surface area contributed by atoms with Crippen LogP contribution < -0.4 is 5.32 Å². The van der Waals surface area contributed by atoms with Crippen molar-refractivity contribution in [2.75, 3.05) is 13.2 Å². The molecule has 1 rings (SSSR count). The van der Waals surface area contributed by atoms with Crippen molar-refractivity contribution in [1.29, 1.82) is 0 Å². The van der Waals surface area contributed by atoms with Gasteiger partial charge in [0.05, 0.1) is 25.4 Å². The Bertz CT molecular complexity index is 1080. The smallest absolute Gasteiger partial charge is 0.249 e. The molecule has 8 N–H and O–H groups in total. The van der Waals surface area contributed by atoms with E-state index in [9.17, 15) is 40.5 Å². The Morgan fingerprint density at radius 3 is 1.37 bits per heavy atom. The van der Waals surface area contributed by atoms with E-state index in [1.165, 1.54) is 135 Å². The van der Waals surface area contributed by atoms with Gasteiger partial charge in [-0.2, -0.15) is 0 Å². The molecule has 63 heavy (non-hydrogen) atoms. The topological polar surface area (TPSA) is 189 Å². The fourth-order valence-corrected chi connectivity index (χ4v) is 8.38. The Hall–Kier alpha value is -1.41. The molecule has 0 aromatic heterocycles. The number of hydrogen-bond donors (Lipinski definition) is 8. The highest BCUT2D eigenvalue weighted by atomic mass is 16.7. The summed E-state index contributed by atoms with van der Waals surface area (Å²) in [4.78, 5) is 13.1. The summed E-state index contributed by atoms with van der Waals surface area (Å²) in [6.07, 6.45) is 36.6. The molecule has 0 bridgehead atoms. The van der Waals surface area contributed by atoms with E-state index in [1.807, 2.05) is 0 Å². The van der Waals surface area contributed by atoms with Crippen molar-refractivity contribution in [3.63, 3.8) is 0 Å². The molecule has 1 fully saturated rings. The van der Waals surface area contributed by atoms with E-state index >= 15 is 0 Å². The first-order valence-corrected chi connectivity index (χ1v) is 26.2. The Morgan fingerprint density at radius 1 is 0.540 bits per heavy atom. The number of aliphatic hydroxyl groups excluding tert-OH is 7. The van der Waals surface area contributed by atoms with Gasteiger partial charge in [0, 0.05) is 0 Å². The van der Waals surface area contributed by atoms with Crippen molar-refractivity contribution < 1.29 is 50.0 Å². The van der Waals surface area contributed by atoms with E-state index in [1.54, 1.807) is 0 Å². The van der Waals surface area contributed by atoms with Crippen molar-refractivity contribution >= 4 is 5.91 Å². The quantitative estimate of drug-likeness (QED) is 0.0216. The molecule has 372 valence electrons. The van der Waals surface area contributed by atoms with Crippen LogP contribution in [0, 0.1) is 0 Å². The van der Waals surface area contributed by atoms with Gasteiger partial charge >= 0.3 is 0 Å². The lowest BCUT2D eigenvalue weighted by atomic mass is 9.98. The second kappa shape index (κ2) is 42.0. The van der Waals surface area contributed by atoms with Crippen molar-refractivity contribution in [3.05, 3.63) is 24.3 Å². The molecule has 0 spiro atoms. The zero-order chi connectivity index (χ0) is 46.2. The lowest BCUT2D eigenvalue weighted by molar-refractivity contribution is -0.303. The zero-order valence-electron chi connectivity index (χ0n) is 40.3. The predicted molar refractivity (Wildman–Crippen MR) is 256 cm³/mol. The van der Waals surface area contributed by atoms with E-state index in [0.717, 1.165) is 57.8 Å². The largest absolute Gasteiger partial charge is 0.394 e. The second-order valence-corrected chi connectivity index (χ2v) is 18.6. The third kappa shape index (κ3) is 31.2. The fraction of sp³-hybridized carbons (Fsp3) is 0.904. The summed E-state index contributed by atoms with van der Waals surface area (Å²) in [7, 11) is 0. The summed E-state index contributed by atoms with van der Waals surface area (Å²) in [6, 6.07) is -1.19. The Morgan fingerprint density at radius 2 is 0.937 bits per heavy atom. The molecule has 0 aromatic rings. The number of ether oxygens (including phenoxy) is 2. The van der Waals surface area contributed by atoms with E-state index in [4.69, 9.17) is 9.47 Å². The molecule has 11 nitrogen and oxygen atoms in total. The number of aliphatic hydroxyl groups is 7. The van der Waals surface area contributed by atoms with Gasteiger partial charge in [0.2, 0.25) is 5.91 Å². The number of amides is 1. The number of unbranched alkanes of at least 4 members (excludes halogenated alkanes) is 28. The minimum Gasteiger partial charge on any atom is -0.394 e. The monoisotopic (exact) mass is 898 g/mol. The minimum absolute atomic E-state index is 0.248. The molecule has 1 aliphatic rings. The van der Waals surface area contributed by atoms with Gasteiger partial charge < -0.3 is 50.5 Å². The van der Waals surface area contributed by atoms with Gasteiger partial charge in [-0.05, 0) is 64.2 Å². The number of rotatable bonds is 44. The number of hydrogen-bond acceptors (Lipinski definition) is 10. The molecule has 0 radical (unpaired) electrons. The van der Waals surface area contributed by atoms with Crippen molar-refractivity contribution in [2.45, 2.75) is 287 Å². The van der Waals surface area contributed by atoms with Crippen LogP contribution in [0.15, 0.2) is 24.3 Å². The van der Waals surface area contributed by atoms with Crippen LogP contribution in [0.4, 0.5) is 0 Å². The molecule has 1 saturated heterocycles. The van der Waals surface area contributed by atoms with Crippen LogP contribution in [-0.2, 0) is 14.3 Å². The summed E-state index contributed by atoms with van der Waals surface area (Å²) in [5, 5.41) is 75.8. The van der Waals surface area contributed by atoms with Crippen molar-refractivity contribution in [1.82, 2.24) is 5.32 Å². The Labute approximate surface area is 384 Å². The molecule has 0 aliphatic carbocycles. The van der Waals surface area contributed by atoms with Gasteiger partial charge in [-0.1, -0.05) is 192 Å². The lowest BCUT2D eigenvalue weighted by Gasteiger charge is -2.40. The van der Waals surface area contributed by atoms with E-state index in [0.29, 0.717) is 12.8 Å². The van der Waals surface area contributed by atoms with Crippen LogP contribution >= 0.6 is 0 Å². The van der Waals surface area contributed by atoms with E-state index in [-0.39, 0.29) is 12.8 Å². The normalized spacial score (nSPS) is 21.3. The predicted octanol–water partition coefficient (Wildman–Crippen LogP) is 9.79. The molecule has 9 unspecified atom stereocenters. The number of allylic oxidation sites excluding steroid dienone is 4. The standard InChI is InChI=1S/C52H99NO10/c1-3-5-7-9-11-13-15-17-19-20-21-22-23-24-26-28-30-32-34-36-38-40-45(56)51(61)53-43(42-62-52-50(60)49(59)48(58)46(41-54)63-52)47(57)44(55)39-37-35-33-31-29-27-25-18-16-14-12-10-8-6-4-2/h23-24,31,33,43-50,52,54-60H,3-22,25-30,32,34-42H2,1-2H3,(H,53,61)/b24-23-,33-31+. The summed E-state index contributed by atoms with van der Waals surface area (Å²) >= 11 is 0. The molecule has 1 heterocycles. The summed E-state index contributed by atoms with van der Waals surface area (Å²) in [5.74, 6) is -0.710.